The molecule has 0 spiro atoms. The van der Waals surface area contributed by atoms with Crippen LogP contribution in [0.4, 0.5) is 0 Å². The van der Waals surface area contributed by atoms with Gasteiger partial charge < -0.3 is 10.0 Å². The number of carbonyl (C=O) groups is 2. The minimum Gasteiger partial charge on any atom is -0.481 e. The average molecular weight is 392 g/mol. The minimum absolute atomic E-state index is 0.115. The number of thiophene rings is 1. The van der Waals surface area contributed by atoms with Gasteiger partial charge in [-0.05, 0) is 98.6 Å². The fourth-order valence-corrected chi connectivity index (χ4v) is 5.76. The number of likely N-dealkylation sites (tertiary alicyclic amines) is 1. The molecule has 0 aromatic carbocycles. The molecule has 0 unspecified atom stereocenters. The summed E-state index contributed by atoms with van der Waals surface area (Å²) in [6, 6.07) is 2.13. The molecule has 3 heterocycles. The molecular formula is C20H25NO3S2. The van der Waals surface area contributed by atoms with Crippen molar-refractivity contribution >= 4 is 39.8 Å². The maximum atomic E-state index is 11.8. The second-order valence-corrected chi connectivity index (χ2v) is 9.00. The highest BCUT2D eigenvalue weighted by Crippen LogP contribution is 2.42. The fourth-order valence-electron chi connectivity index (χ4n) is 3.70. The van der Waals surface area contributed by atoms with Crippen LogP contribution in [0.1, 0.15) is 43.0 Å². The lowest BCUT2D eigenvalue weighted by Gasteiger charge is -2.30. The summed E-state index contributed by atoms with van der Waals surface area (Å²) in [7, 11) is 0. The van der Waals surface area contributed by atoms with Gasteiger partial charge in [-0.25, -0.2) is 0 Å². The van der Waals surface area contributed by atoms with Gasteiger partial charge in [-0.3, -0.25) is 9.59 Å². The van der Waals surface area contributed by atoms with Crippen molar-refractivity contribution < 1.29 is 14.7 Å². The van der Waals surface area contributed by atoms with E-state index in [9.17, 15) is 14.7 Å². The van der Waals surface area contributed by atoms with Crippen molar-refractivity contribution in [2.75, 3.05) is 19.6 Å². The number of carboxylic acid groups (broad SMARTS) is 1. The van der Waals surface area contributed by atoms with E-state index >= 15 is 0 Å². The number of hydrogen-bond acceptors (Lipinski definition) is 5. The number of piperidine rings is 1. The Balaban J connectivity index is 1.69. The monoisotopic (exact) mass is 391 g/mol. The summed E-state index contributed by atoms with van der Waals surface area (Å²) in [5.74, 6) is -0.900. The smallest absolute Gasteiger partial charge is 0.307 e. The number of carbonyl (C=O) groups excluding carboxylic acids is 1. The van der Waals surface area contributed by atoms with Gasteiger partial charge >= 0.3 is 5.97 Å². The lowest BCUT2D eigenvalue weighted by atomic mass is 9.97. The third-order valence-electron chi connectivity index (χ3n) is 5.06. The van der Waals surface area contributed by atoms with Crippen LogP contribution >= 0.6 is 23.1 Å². The zero-order valence-corrected chi connectivity index (χ0v) is 16.9. The van der Waals surface area contributed by atoms with Crippen molar-refractivity contribution in [1.29, 1.82) is 0 Å². The van der Waals surface area contributed by atoms with Gasteiger partial charge in [0.05, 0.1) is 5.92 Å². The number of carboxylic acids is 1. The molecule has 3 rings (SSSR count). The van der Waals surface area contributed by atoms with Crippen LogP contribution in [-0.4, -0.2) is 40.7 Å². The first-order valence-electron chi connectivity index (χ1n) is 9.09. The third kappa shape index (κ3) is 4.48. The molecule has 0 radical (unpaired) electrons. The molecule has 2 aliphatic heterocycles. The van der Waals surface area contributed by atoms with Crippen LogP contribution in [-0.2, 0) is 9.59 Å². The Labute approximate surface area is 163 Å². The van der Waals surface area contributed by atoms with Gasteiger partial charge in [0.1, 0.15) is 0 Å². The first-order chi connectivity index (χ1) is 12.5. The van der Waals surface area contributed by atoms with Gasteiger partial charge in [0.2, 0.25) is 5.12 Å². The standard InChI is InChI=1S/C20H25NO3S2/c1-13-7-10-25-18(13)16(19-14(2)11-17(22)26-19)6-4-9-21-8-3-5-15(12-21)20(23)24/h7,10-11,15H,3-6,8-9,12H2,1-2H3,(H,23,24)/b19-16+/t15-/m1/s1. The van der Waals surface area contributed by atoms with E-state index in [0.717, 1.165) is 49.3 Å². The largest absolute Gasteiger partial charge is 0.481 e. The van der Waals surface area contributed by atoms with Crippen LogP contribution in [0.2, 0.25) is 0 Å². The molecular weight excluding hydrogens is 366 g/mol. The first kappa shape index (κ1) is 19.4. The van der Waals surface area contributed by atoms with Crippen LogP contribution in [0.25, 0.3) is 5.57 Å². The number of rotatable bonds is 6. The molecule has 1 aromatic rings. The topological polar surface area (TPSA) is 57.6 Å². The number of thioether (sulfide) groups is 1. The molecule has 26 heavy (non-hydrogen) atoms. The molecule has 2 aliphatic rings. The number of aliphatic carboxylic acids is 1. The van der Waals surface area contributed by atoms with Crippen molar-refractivity contribution in [2.24, 2.45) is 5.92 Å². The Morgan fingerprint density at radius 3 is 2.81 bits per heavy atom. The van der Waals surface area contributed by atoms with Crippen LogP contribution in [0.15, 0.2) is 28.0 Å². The van der Waals surface area contributed by atoms with E-state index in [1.807, 2.05) is 6.92 Å². The average Bonchev–Trinajstić information content (AvgIpc) is 3.17. The van der Waals surface area contributed by atoms with Crippen LogP contribution in [0.3, 0.4) is 0 Å². The second-order valence-electron chi connectivity index (χ2n) is 7.07. The summed E-state index contributed by atoms with van der Waals surface area (Å²) in [6.07, 6.45) is 5.37. The van der Waals surface area contributed by atoms with Crippen LogP contribution in [0, 0.1) is 12.8 Å². The summed E-state index contributed by atoms with van der Waals surface area (Å²) < 4.78 is 0. The van der Waals surface area contributed by atoms with Gasteiger partial charge in [-0.15, -0.1) is 11.3 Å². The summed E-state index contributed by atoms with van der Waals surface area (Å²) in [4.78, 5) is 27.7. The lowest BCUT2D eigenvalue weighted by Crippen LogP contribution is -2.39. The zero-order valence-electron chi connectivity index (χ0n) is 15.3. The van der Waals surface area contributed by atoms with Gasteiger partial charge in [-0.2, -0.15) is 0 Å². The van der Waals surface area contributed by atoms with Crippen molar-refractivity contribution in [3.63, 3.8) is 0 Å². The molecule has 0 amide bonds. The van der Waals surface area contributed by atoms with Gasteiger partial charge in [-0.1, -0.05) is 0 Å². The van der Waals surface area contributed by atoms with E-state index in [4.69, 9.17) is 0 Å². The van der Waals surface area contributed by atoms with E-state index in [-0.39, 0.29) is 11.0 Å². The predicted molar refractivity (Wildman–Crippen MR) is 108 cm³/mol. The van der Waals surface area contributed by atoms with E-state index in [0.29, 0.717) is 6.54 Å². The van der Waals surface area contributed by atoms with E-state index < -0.39 is 5.97 Å². The quantitative estimate of drug-likeness (QED) is 0.770. The number of nitrogens with zero attached hydrogens (tertiary/aromatic N) is 1. The maximum absolute atomic E-state index is 11.8. The first-order valence-corrected chi connectivity index (χ1v) is 10.8. The SMILES string of the molecule is CC1=CC(=O)S/C1=C(\CCCN1CCC[C@@H](C(=O)O)C1)c1sccc1C. The van der Waals surface area contributed by atoms with Crippen LogP contribution in [0.5, 0.6) is 0 Å². The normalized spacial score (nSPS) is 23.2. The summed E-state index contributed by atoms with van der Waals surface area (Å²) in [5, 5.41) is 11.5. The second kappa shape index (κ2) is 8.55. The highest BCUT2D eigenvalue weighted by atomic mass is 32.2. The molecule has 0 saturated carbocycles. The van der Waals surface area contributed by atoms with Gasteiger partial charge in [0.25, 0.3) is 0 Å². The Hall–Kier alpha value is -1.37. The summed E-state index contributed by atoms with van der Waals surface area (Å²) in [5.41, 5.74) is 3.59. The molecule has 0 aliphatic carbocycles. The fraction of sp³-hybridized carbons (Fsp3) is 0.500. The van der Waals surface area contributed by atoms with Crippen molar-refractivity contribution in [1.82, 2.24) is 4.90 Å². The van der Waals surface area contributed by atoms with Crippen LogP contribution < -0.4 is 0 Å². The molecule has 1 atom stereocenters. The Bertz CT molecular complexity index is 763. The summed E-state index contributed by atoms with van der Waals surface area (Å²) in [6.45, 7) is 6.69. The van der Waals surface area contributed by atoms with E-state index in [1.165, 1.54) is 27.8 Å². The third-order valence-corrected chi connectivity index (χ3v) is 7.23. The molecule has 1 aromatic heterocycles. The van der Waals surface area contributed by atoms with Crippen molar-refractivity contribution in [2.45, 2.75) is 39.5 Å². The Morgan fingerprint density at radius 1 is 1.38 bits per heavy atom. The van der Waals surface area contributed by atoms with Gasteiger partial charge in [0.15, 0.2) is 0 Å². The molecule has 1 N–H and O–H groups in total. The van der Waals surface area contributed by atoms with Gasteiger partial charge in [0, 0.05) is 16.3 Å². The lowest BCUT2D eigenvalue weighted by molar-refractivity contribution is -0.143. The molecule has 0 bridgehead atoms. The van der Waals surface area contributed by atoms with Crippen molar-refractivity contribution in [3.05, 3.63) is 38.4 Å². The molecule has 1 saturated heterocycles. The van der Waals surface area contributed by atoms with Crippen molar-refractivity contribution in [3.8, 4) is 0 Å². The Kier molecular flexibility index (Phi) is 6.37. The van der Waals surface area contributed by atoms with E-state index in [2.05, 4.69) is 23.3 Å². The molecule has 4 nitrogen and oxygen atoms in total. The number of aryl methyl sites for hydroxylation is 1. The predicted octanol–water partition coefficient (Wildman–Crippen LogP) is 4.56. The minimum atomic E-state index is -0.673. The Morgan fingerprint density at radius 2 is 2.19 bits per heavy atom. The molecule has 140 valence electrons. The molecule has 1 fully saturated rings. The molecule has 6 heteroatoms. The number of hydrogen-bond donors (Lipinski definition) is 1. The zero-order chi connectivity index (χ0) is 18.7. The highest BCUT2D eigenvalue weighted by molar-refractivity contribution is 8.18. The maximum Gasteiger partial charge on any atom is 0.307 e. The highest BCUT2D eigenvalue weighted by Gasteiger charge is 2.26. The summed E-state index contributed by atoms with van der Waals surface area (Å²) >= 11 is 3.08. The number of allylic oxidation sites excluding steroid dienone is 2. The van der Waals surface area contributed by atoms with E-state index in [1.54, 1.807) is 17.4 Å².